The minimum atomic E-state index is 0.270. The molecule has 0 aliphatic rings. The Bertz CT molecular complexity index is 468. The lowest BCUT2D eigenvalue weighted by atomic mass is 10.1. The Morgan fingerprint density at radius 2 is 1.84 bits per heavy atom. The summed E-state index contributed by atoms with van der Waals surface area (Å²) < 4.78 is 5.69. The third kappa shape index (κ3) is 4.72. The zero-order valence-electron chi connectivity index (χ0n) is 11.0. The van der Waals surface area contributed by atoms with Gasteiger partial charge >= 0.3 is 0 Å². The second-order valence-electron chi connectivity index (χ2n) is 4.47. The number of rotatable bonds is 7. The van der Waals surface area contributed by atoms with E-state index in [4.69, 9.17) is 9.84 Å². The second-order valence-corrected chi connectivity index (χ2v) is 4.47. The van der Waals surface area contributed by atoms with Crippen LogP contribution in [0.2, 0.25) is 0 Å². The lowest BCUT2D eigenvalue weighted by Crippen LogP contribution is -1.96. The van der Waals surface area contributed by atoms with Crippen LogP contribution in [-0.4, -0.2) is 16.7 Å². The molecule has 0 saturated carbocycles. The molecule has 0 unspecified atom stereocenters. The van der Waals surface area contributed by atoms with Crippen LogP contribution in [0.3, 0.4) is 0 Å². The SMILES string of the molecule is OCCCCc1ccc(OCc2cccnc2)cc1. The van der Waals surface area contributed by atoms with Gasteiger partial charge in [-0.3, -0.25) is 4.98 Å². The van der Waals surface area contributed by atoms with E-state index in [0.29, 0.717) is 6.61 Å². The molecule has 1 heterocycles. The Labute approximate surface area is 113 Å². The molecule has 19 heavy (non-hydrogen) atoms. The van der Waals surface area contributed by atoms with Gasteiger partial charge < -0.3 is 9.84 Å². The molecule has 0 bridgehead atoms. The molecule has 0 fully saturated rings. The smallest absolute Gasteiger partial charge is 0.119 e. The predicted octanol–water partition coefficient (Wildman–Crippen LogP) is 2.98. The van der Waals surface area contributed by atoms with Crippen molar-refractivity contribution in [3.05, 3.63) is 59.9 Å². The molecule has 0 spiro atoms. The number of benzene rings is 1. The van der Waals surface area contributed by atoms with Gasteiger partial charge in [-0.2, -0.15) is 0 Å². The van der Waals surface area contributed by atoms with Crippen LogP contribution in [0.1, 0.15) is 24.0 Å². The number of aliphatic hydroxyl groups is 1. The van der Waals surface area contributed by atoms with E-state index >= 15 is 0 Å². The maximum absolute atomic E-state index is 8.74. The van der Waals surface area contributed by atoms with Crippen molar-refractivity contribution in [3.63, 3.8) is 0 Å². The van der Waals surface area contributed by atoms with E-state index in [2.05, 4.69) is 17.1 Å². The maximum Gasteiger partial charge on any atom is 0.119 e. The summed E-state index contributed by atoms with van der Waals surface area (Å²) in [5, 5.41) is 8.74. The molecule has 1 aromatic heterocycles. The maximum atomic E-state index is 8.74. The van der Waals surface area contributed by atoms with Gasteiger partial charge in [0.15, 0.2) is 0 Å². The number of nitrogens with zero attached hydrogens (tertiary/aromatic N) is 1. The largest absolute Gasteiger partial charge is 0.489 e. The van der Waals surface area contributed by atoms with Crippen molar-refractivity contribution >= 4 is 0 Å². The van der Waals surface area contributed by atoms with E-state index in [1.54, 1.807) is 6.20 Å². The summed E-state index contributed by atoms with van der Waals surface area (Å²) in [5.74, 6) is 0.870. The first-order valence-corrected chi connectivity index (χ1v) is 6.60. The lowest BCUT2D eigenvalue weighted by Gasteiger charge is -2.07. The van der Waals surface area contributed by atoms with Gasteiger partial charge in [-0.25, -0.2) is 0 Å². The van der Waals surface area contributed by atoms with Gasteiger partial charge in [-0.05, 0) is 43.0 Å². The molecular formula is C16H19NO2. The molecule has 0 saturated heterocycles. The normalized spacial score (nSPS) is 10.4. The van der Waals surface area contributed by atoms with Crippen LogP contribution in [-0.2, 0) is 13.0 Å². The highest BCUT2D eigenvalue weighted by Crippen LogP contribution is 2.15. The monoisotopic (exact) mass is 257 g/mol. The number of hydrogen-bond donors (Lipinski definition) is 1. The van der Waals surface area contributed by atoms with Gasteiger partial charge in [0.25, 0.3) is 0 Å². The zero-order chi connectivity index (χ0) is 13.3. The minimum absolute atomic E-state index is 0.270. The molecular weight excluding hydrogens is 238 g/mol. The van der Waals surface area contributed by atoms with Crippen molar-refractivity contribution in [1.82, 2.24) is 4.98 Å². The third-order valence-electron chi connectivity index (χ3n) is 2.93. The number of unbranched alkanes of at least 4 members (excludes halogenated alkanes) is 1. The van der Waals surface area contributed by atoms with E-state index in [0.717, 1.165) is 30.6 Å². The van der Waals surface area contributed by atoms with Crippen LogP contribution >= 0.6 is 0 Å². The first-order valence-electron chi connectivity index (χ1n) is 6.60. The number of hydrogen-bond acceptors (Lipinski definition) is 3. The third-order valence-corrected chi connectivity index (χ3v) is 2.93. The predicted molar refractivity (Wildman–Crippen MR) is 75.0 cm³/mol. The standard InChI is InChI=1S/C16H19NO2/c18-11-2-1-4-14-6-8-16(9-7-14)19-13-15-5-3-10-17-12-15/h3,5-10,12,18H,1-2,4,11,13H2. The Kier molecular flexibility index (Phi) is 5.38. The number of ether oxygens (including phenoxy) is 1. The molecule has 2 aromatic rings. The fourth-order valence-electron chi connectivity index (χ4n) is 1.84. The van der Waals surface area contributed by atoms with Crippen molar-refractivity contribution in [2.75, 3.05) is 6.61 Å². The molecule has 0 atom stereocenters. The zero-order valence-corrected chi connectivity index (χ0v) is 11.0. The molecule has 0 radical (unpaired) electrons. The highest BCUT2D eigenvalue weighted by atomic mass is 16.5. The molecule has 3 heteroatoms. The fraction of sp³-hybridized carbons (Fsp3) is 0.312. The van der Waals surface area contributed by atoms with Gasteiger partial charge in [0.1, 0.15) is 12.4 Å². The molecule has 0 amide bonds. The van der Waals surface area contributed by atoms with Gasteiger partial charge in [0.2, 0.25) is 0 Å². The van der Waals surface area contributed by atoms with Gasteiger partial charge in [0, 0.05) is 24.6 Å². The molecule has 0 aliphatic heterocycles. The van der Waals surface area contributed by atoms with Crippen LogP contribution in [0.4, 0.5) is 0 Å². The van der Waals surface area contributed by atoms with E-state index < -0.39 is 0 Å². The van der Waals surface area contributed by atoms with E-state index in [1.807, 2.05) is 30.5 Å². The van der Waals surface area contributed by atoms with Crippen molar-refractivity contribution in [1.29, 1.82) is 0 Å². The average molecular weight is 257 g/mol. The van der Waals surface area contributed by atoms with Crippen LogP contribution in [0.15, 0.2) is 48.8 Å². The van der Waals surface area contributed by atoms with Gasteiger partial charge in [0.05, 0.1) is 0 Å². The van der Waals surface area contributed by atoms with E-state index in [9.17, 15) is 0 Å². The Morgan fingerprint density at radius 3 is 2.53 bits per heavy atom. The minimum Gasteiger partial charge on any atom is -0.489 e. The molecule has 100 valence electrons. The summed E-state index contributed by atoms with van der Waals surface area (Å²) in [4.78, 5) is 4.05. The Balaban J connectivity index is 1.81. The van der Waals surface area contributed by atoms with Crippen LogP contribution < -0.4 is 4.74 Å². The van der Waals surface area contributed by atoms with Crippen LogP contribution in [0.5, 0.6) is 5.75 Å². The summed E-state index contributed by atoms with van der Waals surface area (Å²) in [6, 6.07) is 12.0. The molecule has 3 nitrogen and oxygen atoms in total. The van der Waals surface area contributed by atoms with Crippen molar-refractivity contribution in [3.8, 4) is 5.75 Å². The van der Waals surface area contributed by atoms with Crippen LogP contribution in [0, 0.1) is 0 Å². The van der Waals surface area contributed by atoms with Crippen molar-refractivity contribution in [2.45, 2.75) is 25.9 Å². The molecule has 0 aliphatic carbocycles. The van der Waals surface area contributed by atoms with Gasteiger partial charge in [-0.1, -0.05) is 18.2 Å². The van der Waals surface area contributed by atoms with E-state index in [-0.39, 0.29) is 6.61 Å². The Morgan fingerprint density at radius 1 is 1.00 bits per heavy atom. The first-order chi connectivity index (χ1) is 9.38. The molecule has 1 aromatic carbocycles. The summed E-state index contributed by atoms with van der Waals surface area (Å²) in [5.41, 5.74) is 2.34. The van der Waals surface area contributed by atoms with Crippen molar-refractivity contribution < 1.29 is 9.84 Å². The molecule has 2 rings (SSSR count). The lowest BCUT2D eigenvalue weighted by molar-refractivity contribution is 0.284. The highest BCUT2D eigenvalue weighted by Gasteiger charge is 1.97. The number of aliphatic hydroxyl groups excluding tert-OH is 1. The molecule has 1 N–H and O–H groups in total. The number of aromatic nitrogens is 1. The summed E-state index contributed by atoms with van der Waals surface area (Å²) >= 11 is 0. The topological polar surface area (TPSA) is 42.4 Å². The van der Waals surface area contributed by atoms with Crippen molar-refractivity contribution in [2.24, 2.45) is 0 Å². The summed E-state index contributed by atoms with van der Waals surface area (Å²) in [7, 11) is 0. The number of pyridine rings is 1. The second kappa shape index (κ2) is 7.54. The first kappa shape index (κ1) is 13.6. The fourth-order valence-corrected chi connectivity index (χ4v) is 1.84. The summed E-state index contributed by atoms with van der Waals surface area (Å²) in [6.07, 6.45) is 6.45. The Hall–Kier alpha value is -1.87. The highest BCUT2D eigenvalue weighted by molar-refractivity contribution is 5.27. The van der Waals surface area contributed by atoms with Crippen LogP contribution in [0.25, 0.3) is 0 Å². The average Bonchev–Trinajstić information content (AvgIpc) is 2.48. The van der Waals surface area contributed by atoms with Gasteiger partial charge in [-0.15, -0.1) is 0 Å². The summed E-state index contributed by atoms with van der Waals surface area (Å²) in [6.45, 7) is 0.810. The van der Waals surface area contributed by atoms with E-state index in [1.165, 1.54) is 5.56 Å². The number of aryl methyl sites for hydroxylation is 1. The quantitative estimate of drug-likeness (QED) is 0.775.